The Kier molecular flexibility index (Phi) is 12.4. The summed E-state index contributed by atoms with van der Waals surface area (Å²) in [4.78, 5) is 4.82. The van der Waals surface area contributed by atoms with Crippen LogP contribution in [0.1, 0.15) is 120 Å². The van der Waals surface area contributed by atoms with Gasteiger partial charge in [0.2, 0.25) is 12.5 Å². The highest BCUT2D eigenvalue weighted by Gasteiger charge is 2.51. The number of hydrogen-bond donors (Lipinski definition) is 1. The van der Waals surface area contributed by atoms with Gasteiger partial charge in [-0.15, -0.1) is 0 Å². The van der Waals surface area contributed by atoms with Gasteiger partial charge in [-0.2, -0.15) is 12.6 Å². The van der Waals surface area contributed by atoms with Crippen LogP contribution in [0.15, 0.2) is 140 Å². The third-order valence-electron chi connectivity index (χ3n) is 12.2. The van der Waals surface area contributed by atoms with Crippen molar-refractivity contribution in [3.8, 4) is 11.5 Å². The molecule has 6 aromatic rings. The Morgan fingerprint density at radius 1 is 0.614 bits per heavy atom. The van der Waals surface area contributed by atoms with Crippen molar-refractivity contribution in [3.63, 3.8) is 0 Å². The summed E-state index contributed by atoms with van der Waals surface area (Å²) >= 11 is 3.53. The Morgan fingerprint density at radius 3 is 1.60 bits per heavy atom. The van der Waals surface area contributed by atoms with E-state index in [1.807, 2.05) is 66.7 Å². The number of nitrogens with zero attached hydrogens (tertiary/aromatic N) is 2. The van der Waals surface area contributed by atoms with Crippen molar-refractivity contribution >= 4 is 12.6 Å². The lowest BCUT2D eigenvalue weighted by molar-refractivity contribution is -0.147. The van der Waals surface area contributed by atoms with Crippen LogP contribution in [0, 0.1) is 5.92 Å². The van der Waals surface area contributed by atoms with Gasteiger partial charge in [0.25, 0.3) is 0 Å². The highest BCUT2D eigenvalue weighted by atomic mass is 32.1. The molecule has 0 amide bonds. The normalized spacial score (nSPS) is 22.7. The minimum absolute atomic E-state index is 0.00460. The fourth-order valence-electron chi connectivity index (χ4n) is 8.69. The maximum Gasteiger partial charge on any atom is 0.212 e. The molecule has 8 atom stereocenters. The van der Waals surface area contributed by atoms with Gasteiger partial charge in [-0.3, -0.25) is 0 Å². The van der Waals surface area contributed by atoms with Crippen LogP contribution >= 0.6 is 12.6 Å². The SMILES string of the molecule is CCC(C)(CC(C)N1C(c2ccco2)Oc2ccccc2C1c1ccco1)OCC(C)C(C)(CC)N1C(c2ccco2)Oc2ccccc2C1c1ccco1.CS. The van der Waals surface area contributed by atoms with Crippen molar-refractivity contribution in [2.24, 2.45) is 5.92 Å². The first-order valence-corrected chi connectivity index (χ1v) is 20.9. The van der Waals surface area contributed by atoms with E-state index in [4.69, 9.17) is 31.9 Å². The van der Waals surface area contributed by atoms with Crippen LogP contribution in [0.25, 0.3) is 0 Å². The van der Waals surface area contributed by atoms with Crippen molar-refractivity contribution in [1.29, 1.82) is 0 Å². The van der Waals surface area contributed by atoms with Gasteiger partial charge in [0, 0.05) is 22.7 Å². The first kappa shape index (κ1) is 40.6. The zero-order chi connectivity index (χ0) is 40.2. The Morgan fingerprint density at radius 2 is 1.09 bits per heavy atom. The van der Waals surface area contributed by atoms with Crippen LogP contribution in [-0.4, -0.2) is 39.8 Å². The van der Waals surface area contributed by atoms with Gasteiger partial charge in [-0.05, 0) is 113 Å². The topological polar surface area (TPSA) is 86.7 Å². The van der Waals surface area contributed by atoms with Crippen molar-refractivity contribution in [3.05, 3.63) is 156 Å². The summed E-state index contributed by atoms with van der Waals surface area (Å²) in [5.41, 5.74) is 1.23. The molecule has 0 N–H and O–H groups in total. The van der Waals surface area contributed by atoms with Crippen LogP contribution in [0.4, 0.5) is 0 Å². The summed E-state index contributed by atoms with van der Waals surface area (Å²) in [6.07, 6.45) is 10.0. The van der Waals surface area contributed by atoms with Crippen LogP contribution < -0.4 is 9.47 Å². The third-order valence-corrected chi connectivity index (χ3v) is 12.2. The molecular weight excluding hydrogens is 737 g/mol. The van der Waals surface area contributed by atoms with Gasteiger partial charge in [0.05, 0.1) is 37.3 Å². The van der Waals surface area contributed by atoms with E-state index in [2.05, 4.69) is 94.3 Å². The fraction of sp³-hybridized carbons (Fsp3) is 0.404. The van der Waals surface area contributed by atoms with E-state index >= 15 is 0 Å². The van der Waals surface area contributed by atoms with Crippen molar-refractivity contribution in [1.82, 2.24) is 9.80 Å². The van der Waals surface area contributed by atoms with E-state index in [1.165, 1.54) is 0 Å². The average molecular weight is 793 g/mol. The largest absolute Gasteiger partial charge is 0.467 e. The number of thiol groups is 1. The van der Waals surface area contributed by atoms with Gasteiger partial charge in [-0.25, -0.2) is 9.80 Å². The van der Waals surface area contributed by atoms with Crippen molar-refractivity contribution in [2.45, 2.75) is 103 Å². The van der Waals surface area contributed by atoms with Gasteiger partial charge >= 0.3 is 0 Å². The van der Waals surface area contributed by atoms with Crippen LogP contribution in [0.3, 0.4) is 0 Å². The zero-order valence-corrected chi connectivity index (χ0v) is 34.9. The monoisotopic (exact) mass is 792 g/mol. The van der Waals surface area contributed by atoms with Crippen LogP contribution in [0.2, 0.25) is 0 Å². The van der Waals surface area contributed by atoms with E-state index in [9.17, 15) is 0 Å². The fourth-order valence-corrected chi connectivity index (χ4v) is 8.69. The number of ether oxygens (including phenoxy) is 3. The molecule has 2 aliphatic rings. The minimum atomic E-state index is -0.482. The molecule has 0 saturated heterocycles. The lowest BCUT2D eigenvalue weighted by Gasteiger charge is -2.53. The smallest absolute Gasteiger partial charge is 0.212 e. The molecule has 0 spiro atoms. The van der Waals surface area contributed by atoms with E-state index < -0.39 is 23.6 Å². The molecule has 6 heterocycles. The summed E-state index contributed by atoms with van der Waals surface area (Å²) in [5.74, 6) is 4.91. The van der Waals surface area contributed by atoms with Gasteiger partial charge in [-0.1, -0.05) is 57.2 Å². The molecule has 0 bridgehead atoms. The second kappa shape index (κ2) is 17.5. The number of hydrogen-bond acceptors (Lipinski definition) is 10. The number of fused-ring (bicyclic) bond motifs is 2. The minimum Gasteiger partial charge on any atom is -0.467 e. The molecule has 8 unspecified atom stereocenters. The van der Waals surface area contributed by atoms with E-state index in [0.717, 1.165) is 64.9 Å². The highest BCUT2D eigenvalue weighted by molar-refractivity contribution is 7.79. The molecule has 57 heavy (non-hydrogen) atoms. The number of furan rings is 4. The molecule has 0 saturated carbocycles. The lowest BCUT2D eigenvalue weighted by Crippen LogP contribution is -2.57. The molecule has 9 nitrogen and oxygen atoms in total. The summed E-state index contributed by atoms with van der Waals surface area (Å²) in [6, 6.07) is 31.8. The number of benzene rings is 2. The maximum absolute atomic E-state index is 7.15. The molecule has 10 heteroatoms. The second-order valence-electron chi connectivity index (χ2n) is 15.5. The summed E-state index contributed by atoms with van der Waals surface area (Å²) in [6.45, 7) is 14.1. The Balaban J connectivity index is 0.00000244. The van der Waals surface area contributed by atoms with Crippen LogP contribution in [0.5, 0.6) is 11.5 Å². The molecule has 8 rings (SSSR count). The molecular formula is C47H56N2O7S. The summed E-state index contributed by atoms with van der Waals surface area (Å²) in [7, 11) is 0. The van der Waals surface area contributed by atoms with E-state index in [-0.39, 0.29) is 24.0 Å². The van der Waals surface area contributed by atoms with E-state index in [1.54, 1.807) is 31.3 Å². The Bertz CT molecular complexity index is 2100. The van der Waals surface area contributed by atoms with Crippen molar-refractivity contribution in [2.75, 3.05) is 12.9 Å². The predicted octanol–water partition coefficient (Wildman–Crippen LogP) is 12.0. The van der Waals surface area contributed by atoms with Crippen molar-refractivity contribution < 1.29 is 31.9 Å². The summed E-state index contributed by atoms with van der Waals surface area (Å²) < 4.78 is 45.1. The molecule has 4 aromatic heterocycles. The molecule has 0 radical (unpaired) electrons. The summed E-state index contributed by atoms with van der Waals surface area (Å²) in [5, 5.41) is 0. The number of para-hydroxylation sites is 2. The molecule has 302 valence electrons. The Labute approximate surface area is 342 Å². The lowest BCUT2D eigenvalue weighted by atomic mass is 9.79. The highest BCUT2D eigenvalue weighted by Crippen LogP contribution is 2.52. The zero-order valence-electron chi connectivity index (χ0n) is 34.0. The number of rotatable bonds is 14. The average Bonchev–Trinajstić information content (AvgIpc) is 4.11. The third kappa shape index (κ3) is 7.85. The van der Waals surface area contributed by atoms with E-state index in [0.29, 0.717) is 6.61 Å². The molecule has 0 aliphatic carbocycles. The predicted molar refractivity (Wildman–Crippen MR) is 223 cm³/mol. The maximum atomic E-state index is 7.15. The first-order chi connectivity index (χ1) is 27.7. The Hall–Kier alpha value is -4.61. The first-order valence-electron chi connectivity index (χ1n) is 20.0. The molecule has 0 fully saturated rings. The van der Waals surface area contributed by atoms with Crippen LogP contribution in [-0.2, 0) is 4.74 Å². The molecule has 2 aromatic carbocycles. The standard InChI is InChI=1S/C46H52N2O7.CH4S/c1-7-45(5,29-32(4)47-41(37-21-13-25-49-37)33-17-9-11-19-35(33)54-43(47)39-23-15-27-51-39)53-30-31(3)46(6,8-2)48-42(38-22-14-26-50-38)34-18-10-12-20-36(34)55-44(48)40-24-16-28-52-40;1-2/h9-28,31-32,41-44H,7-8,29-30H2,1-6H3;2H,1H3. The van der Waals surface area contributed by atoms with Gasteiger partial charge in [0.1, 0.15) is 35.1 Å². The quantitative estimate of drug-likeness (QED) is 0.108. The van der Waals surface area contributed by atoms with Gasteiger partial charge in [0.15, 0.2) is 11.5 Å². The second-order valence-corrected chi connectivity index (χ2v) is 15.5. The molecule has 2 aliphatic heterocycles. The van der Waals surface area contributed by atoms with Gasteiger partial charge < -0.3 is 31.9 Å².